The number of carbonyl (C=O) groups excluding carboxylic acids is 1. The number of carbonyl (C=O) groups is 1. The van der Waals surface area contributed by atoms with Gasteiger partial charge in [-0.15, -0.1) is 0 Å². The summed E-state index contributed by atoms with van der Waals surface area (Å²) < 4.78 is 61.4. The van der Waals surface area contributed by atoms with Crippen molar-refractivity contribution in [2.75, 3.05) is 7.11 Å². The number of methoxy groups -OCH3 is 1. The molecule has 4 rings (SSSR count). The Morgan fingerprint density at radius 2 is 1.81 bits per heavy atom. The zero-order valence-electron chi connectivity index (χ0n) is 18.9. The van der Waals surface area contributed by atoms with E-state index in [1.165, 1.54) is 13.2 Å². The number of rotatable bonds is 9. The predicted octanol–water partition coefficient (Wildman–Crippen LogP) is 7.16. The summed E-state index contributed by atoms with van der Waals surface area (Å²) in [6, 6.07) is 15.8. The van der Waals surface area contributed by atoms with Crippen molar-refractivity contribution in [2.45, 2.75) is 19.4 Å². The van der Waals surface area contributed by atoms with E-state index in [1.807, 2.05) is 35.2 Å². The molecule has 2 aromatic carbocycles. The number of hydrogen-bond acceptors (Lipinski definition) is 3. The molecule has 0 aliphatic carbocycles. The minimum Gasteiger partial charge on any atom is -0.496 e. The van der Waals surface area contributed by atoms with E-state index in [9.17, 15) is 22.4 Å². The van der Waals surface area contributed by atoms with Crippen LogP contribution in [0.15, 0.2) is 73.1 Å². The average Bonchev–Trinajstić information content (AvgIpc) is 3.51. The lowest BCUT2D eigenvalue weighted by Crippen LogP contribution is -2.08. The summed E-state index contributed by atoms with van der Waals surface area (Å²) in [5, 5.41) is 2.84. The lowest BCUT2D eigenvalue weighted by atomic mass is 10.1. The van der Waals surface area contributed by atoms with Crippen molar-refractivity contribution in [2.24, 2.45) is 0 Å². The standard InChI is InChI=1S/C26H20ClF4N3O2/c1-36-21-10-8-16(7-9-20(35)17-5-4-6-19(14-17)33-11-2-3-12-33)13-18(21)15-34-24(26(30)31)22(27)23(32-34)25(28)29/h2-14,25-26H,15H2,1H3/b9-7+. The maximum Gasteiger partial charge on any atom is 0.283 e. The molecule has 0 saturated heterocycles. The quantitative estimate of drug-likeness (QED) is 0.134. The molecule has 0 atom stereocenters. The van der Waals surface area contributed by atoms with Crippen molar-refractivity contribution in [1.82, 2.24) is 14.3 Å². The fourth-order valence-electron chi connectivity index (χ4n) is 3.72. The van der Waals surface area contributed by atoms with Crippen LogP contribution in [0.3, 0.4) is 0 Å². The number of aromatic nitrogens is 3. The smallest absolute Gasteiger partial charge is 0.283 e. The summed E-state index contributed by atoms with van der Waals surface area (Å²) in [6.45, 7) is -0.288. The number of halogens is 5. The van der Waals surface area contributed by atoms with Gasteiger partial charge in [0.1, 0.15) is 17.1 Å². The lowest BCUT2D eigenvalue weighted by molar-refractivity contribution is 0.104. The Balaban J connectivity index is 1.60. The Morgan fingerprint density at radius 3 is 2.47 bits per heavy atom. The first-order valence-electron chi connectivity index (χ1n) is 10.7. The fourth-order valence-corrected chi connectivity index (χ4v) is 4.02. The van der Waals surface area contributed by atoms with E-state index >= 15 is 0 Å². The van der Waals surface area contributed by atoms with E-state index < -0.39 is 29.3 Å². The van der Waals surface area contributed by atoms with Gasteiger partial charge in [-0.2, -0.15) is 5.10 Å². The van der Waals surface area contributed by atoms with Crippen LogP contribution < -0.4 is 4.74 Å². The number of hydrogen-bond donors (Lipinski definition) is 0. The van der Waals surface area contributed by atoms with Crippen molar-refractivity contribution in [3.8, 4) is 11.4 Å². The van der Waals surface area contributed by atoms with Crippen LogP contribution in [0.25, 0.3) is 11.8 Å². The summed E-state index contributed by atoms with van der Waals surface area (Å²) in [6.07, 6.45) is 0.497. The second kappa shape index (κ2) is 10.8. The van der Waals surface area contributed by atoms with Crippen molar-refractivity contribution >= 4 is 23.5 Å². The van der Waals surface area contributed by atoms with Crippen molar-refractivity contribution < 1.29 is 27.1 Å². The normalized spacial score (nSPS) is 11.7. The van der Waals surface area contributed by atoms with Crippen LogP contribution in [-0.2, 0) is 6.54 Å². The molecular formula is C26H20ClF4N3O2. The molecule has 36 heavy (non-hydrogen) atoms. The molecular weight excluding hydrogens is 498 g/mol. The molecule has 0 bridgehead atoms. The van der Waals surface area contributed by atoms with Gasteiger partial charge in [0, 0.05) is 29.2 Å². The third-order valence-electron chi connectivity index (χ3n) is 5.45. The largest absolute Gasteiger partial charge is 0.496 e. The average molecular weight is 518 g/mol. The third-order valence-corrected chi connectivity index (χ3v) is 5.84. The molecule has 0 spiro atoms. The van der Waals surface area contributed by atoms with E-state index in [-0.39, 0.29) is 12.3 Å². The van der Waals surface area contributed by atoms with Crippen molar-refractivity contribution in [3.63, 3.8) is 0 Å². The van der Waals surface area contributed by atoms with Crippen LogP contribution in [-0.4, -0.2) is 27.2 Å². The summed E-state index contributed by atoms with van der Waals surface area (Å²) in [7, 11) is 1.39. The highest BCUT2D eigenvalue weighted by atomic mass is 35.5. The number of ether oxygens (including phenoxy) is 1. The molecule has 0 N–H and O–H groups in total. The maximum absolute atomic E-state index is 13.5. The number of allylic oxidation sites excluding steroid dienone is 1. The number of ketones is 1. The molecule has 0 unspecified atom stereocenters. The summed E-state index contributed by atoms with van der Waals surface area (Å²) in [4.78, 5) is 12.8. The van der Waals surface area contributed by atoms with Crippen LogP contribution in [0, 0.1) is 0 Å². The van der Waals surface area contributed by atoms with E-state index in [1.54, 1.807) is 42.5 Å². The number of nitrogens with zero attached hydrogens (tertiary/aromatic N) is 3. The highest BCUT2D eigenvalue weighted by Gasteiger charge is 2.28. The van der Waals surface area contributed by atoms with Crippen LogP contribution in [0.1, 0.15) is 45.7 Å². The van der Waals surface area contributed by atoms with E-state index in [4.69, 9.17) is 16.3 Å². The first-order chi connectivity index (χ1) is 17.3. The first kappa shape index (κ1) is 25.2. The molecule has 0 radical (unpaired) electrons. The molecule has 0 aliphatic heterocycles. The number of alkyl halides is 4. The van der Waals surface area contributed by atoms with Crippen molar-refractivity contribution in [3.05, 3.63) is 106 Å². The summed E-state index contributed by atoms with van der Waals surface area (Å²) in [5.41, 5.74) is 0.581. The molecule has 0 fully saturated rings. The maximum atomic E-state index is 13.5. The van der Waals surface area contributed by atoms with Gasteiger partial charge in [-0.05, 0) is 48.0 Å². The van der Waals surface area contributed by atoms with Crippen LogP contribution >= 0.6 is 11.6 Å². The van der Waals surface area contributed by atoms with E-state index in [0.717, 1.165) is 10.4 Å². The van der Waals surface area contributed by atoms with Gasteiger partial charge in [0.25, 0.3) is 12.9 Å². The van der Waals surface area contributed by atoms with Gasteiger partial charge in [-0.1, -0.05) is 35.9 Å². The van der Waals surface area contributed by atoms with Gasteiger partial charge in [0.2, 0.25) is 0 Å². The molecule has 186 valence electrons. The molecule has 2 aromatic heterocycles. The molecule has 10 heteroatoms. The monoisotopic (exact) mass is 517 g/mol. The van der Waals surface area contributed by atoms with Gasteiger partial charge in [-0.25, -0.2) is 17.6 Å². The van der Waals surface area contributed by atoms with Crippen LogP contribution in [0.4, 0.5) is 17.6 Å². The van der Waals surface area contributed by atoms with Crippen molar-refractivity contribution in [1.29, 1.82) is 0 Å². The molecule has 2 heterocycles. The predicted molar refractivity (Wildman–Crippen MR) is 128 cm³/mol. The van der Waals surface area contributed by atoms with Crippen LogP contribution in [0.5, 0.6) is 5.75 Å². The number of benzene rings is 2. The Labute approximate surface area is 209 Å². The minimum absolute atomic E-state index is 0.234. The zero-order valence-corrected chi connectivity index (χ0v) is 19.7. The molecule has 5 nitrogen and oxygen atoms in total. The second-order valence-electron chi connectivity index (χ2n) is 7.75. The topological polar surface area (TPSA) is 49.0 Å². The summed E-state index contributed by atoms with van der Waals surface area (Å²) >= 11 is 5.75. The fraction of sp³-hybridized carbons (Fsp3) is 0.154. The Kier molecular flexibility index (Phi) is 7.59. The first-order valence-corrected chi connectivity index (χ1v) is 11.1. The second-order valence-corrected chi connectivity index (χ2v) is 8.13. The van der Waals surface area contributed by atoms with E-state index in [0.29, 0.717) is 22.4 Å². The highest BCUT2D eigenvalue weighted by molar-refractivity contribution is 6.32. The molecule has 0 aliphatic rings. The Bertz CT molecular complexity index is 1400. The Hall–Kier alpha value is -3.85. The molecule has 0 saturated carbocycles. The molecule has 4 aromatic rings. The Morgan fingerprint density at radius 1 is 1.06 bits per heavy atom. The molecule has 0 amide bonds. The van der Waals surface area contributed by atoms with Gasteiger partial charge in [-0.3, -0.25) is 9.48 Å². The third kappa shape index (κ3) is 5.36. The zero-order chi connectivity index (χ0) is 25.8. The van der Waals surface area contributed by atoms with Gasteiger partial charge >= 0.3 is 0 Å². The highest BCUT2D eigenvalue weighted by Crippen LogP contribution is 2.35. The van der Waals surface area contributed by atoms with Gasteiger partial charge in [0.15, 0.2) is 5.78 Å². The SMILES string of the molecule is COc1ccc(/C=C/C(=O)c2cccc(-n3cccc3)c2)cc1Cn1nc(C(F)F)c(Cl)c1C(F)F. The van der Waals surface area contributed by atoms with E-state index in [2.05, 4.69) is 5.10 Å². The lowest BCUT2D eigenvalue weighted by Gasteiger charge is -2.12. The van der Waals surface area contributed by atoms with Crippen LogP contribution in [0.2, 0.25) is 5.02 Å². The minimum atomic E-state index is -3.11. The van der Waals surface area contributed by atoms with Gasteiger partial charge < -0.3 is 9.30 Å². The van der Waals surface area contributed by atoms with Gasteiger partial charge in [0.05, 0.1) is 18.7 Å². The summed E-state index contributed by atoms with van der Waals surface area (Å²) in [5.74, 6) is 0.102.